The third-order valence-corrected chi connectivity index (χ3v) is 2.40. The number of carbonyl (C=O) groups is 2. The molecule has 0 amide bonds. The smallest absolute Gasteiger partial charge is 0.307 e. The third-order valence-electron chi connectivity index (χ3n) is 2.40. The van der Waals surface area contributed by atoms with Gasteiger partial charge in [0.2, 0.25) is 0 Å². The molecule has 0 atom stereocenters. The van der Waals surface area contributed by atoms with Gasteiger partial charge in [0.1, 0.15) is 0 Å². The van der Waals surface area contributed by atoms with Crippen molar-refractivity contribution in [3.63, 3.8) is 0 Å². The summed E-state index contributed by atoms with van der Waals surface area (Å²) in [6.07, 6.45) is 2.11. The molecule has 1 rings (SSSR count). The Labute approximate surface area is 101 Å². The van der Waals surface area contributed by atoms with Crippen LogP contribution >= 0.6 is 0 Å². The van der Waals surface area contributed by atoms with Crippen molar-refractivity contribution in [1.82, 2.24) is 0 Å². The van der Waals surface area contributed by atoms with Gasteiger partial charge < -0.3 is 5.11 Å². The van der Waals surface area contributed by atoms with Crippen molar-refractivity contribution >= 4 is 11.8 Å². The Morgan fingerprint density at radius 2 is 1.82 bits per heavy atom. The van der Waals surface area contributed by atoms with Gasteiger partial charge in [-0.05, 0) is 13.3 Å². The summed E-state index contributed by atoms with van der Waals surface area (Å²) < 4.78 is 0. The van der Waals surface area contributed by atoms with E-state index < -0.39 is 5.97 Å². The van der Waals surface area contributed by atoms with E-state index in [1.807, 2.05) is 26.0 Å². The van der Waals surface area contributed by atoms with E-state index in [2.05, 4.69) is 0 Å². The molecule has 3 nitrogen and oxygen atoms in total. The molecule has 1 aromatic rings. The van der Waals surface area contributed by atoms with E-state index in [1.54, 1.807) is 18.2 Å². The second-order valence-electron chi connectivity index (χ2n) is 3.90. The molecule has 3 heteroatoms. The zero-order valence-corrected chi connectivity index (χ0v) is 10.1. The summed E-state index contributed by atoms with van der Waals surface area (Å²) in [5, 5.41) is 8.76. The van der Waals surface area contributed by atoms with Crippen molar-refractivity contribution in [2.45, 2.75) is 26.7 Å². The Bertz CT molecular complexity index is 441. The lowest BCUT2D eigenvalue weighted by Crippen LogP contribution is -2.08. The lowest BCUT2D eigenvalue weighted by Gasteiger charge is -2.04. The number of ketones is 1. The predicted molar refractivity (Wildman–Crippen MR) is 66.1 cm³/mol. The van der Waals surface area contributed by atoms with Crippen LogP contribution in [0.3, 0.4) is 0 Å². The van der Waals surface area contributed by atoms with Gasteiger partial charge in [0.25, 0.3) is 0 Å². The van der Waals surface area contributed by atoms with Gasteiger partial charge in [-0.15, -0.1) is 0 Å². The molecule has 17 heavy (non-hydrogen) atoms. The van der Waals surface area contributed by atoms with Crippen LogP contribution in [0.15, 0.2) is 35.9 Å². The van der Waals surface area contributed by atoms with Crippen LogP contribution in [0.1, 0.15) is 35.7 Å². The summed E-state index contributed by atoms with van der Waals surface area (Å²) in [6, 6.07) is 7.14. The summed E-state index contributed by atoms with van der Waals surface area (Å²) in [7, 11) is 0. The second kappa shape index (κ2) is 5.99. The molecule has 0 spiro atoms. The van der Waals surface area contributed by atoms with E-state index in [9.17, 15) is 9.59 Å². The number of hydrogen-bond donors (Lipinski definition) is 1. The van der Waals surface area contributed by atoms with Crippen molar-refractivity contribution in [1.29, 1.82) is 0 Å². The predicted octanol–water partition coefficient (Wildman–Crippen LogP) is 2.99. The average molecular weight is 232 g/mol. The topological polar surface area (TPSA) is 54.4 Å². The van der Waals surface area contributed by atoms with Crippen molar-refractivity contribution in [3.8, 4) is 0 Å². The first kappa shape index (κ1) is 13.2. The summed E-state index contributed by atoms with van der Waals surface area (Å²) in [5.41, 5.74) is 1.96. The third kappa shape index (κ3) is 3.87. The van der Waals surface area contributed by atoms with Crippen molar-refractivity contribution < 1.29 is 14.7 Å². The Morgan fingerprint density at radius 3 is 2.29 bits per heavy atom. The molecule has 1 aromatic carbocycles. The molecule has 90 valence electrons. The molecule has 0 radical (unpaired) electrons. The van der Waals surface area contributed by atoms with E-state index in [0.717, 1.165) is 5.56 Å². The van der Waals surface area contributed by atoms with Crippen molar-refractivity contribution in [3.05, 3.63) is 47.0 Å². The highest BCUT2D eigenvalue weighted by Crippen LogP contribution is 2.13. The van der Waals surface area contributed by atoms with E-state index in [1.165, 1.54) is 0 Å². The summed E-state index contributed by atoms with van der Waals surface area (Å²) in [6.45, 7) is 3.82. The maximum absolute atomic E-state index is 12.0. The molecule has 0 saturated heterocycles. The minimum atomic E-state index is -0.981. The first-order valence-electron chi connectivity index (χ1n) is 5.56. The average Bonchev–Trinajstić information content (AvgIpc) is 2.28. The zero-order valence-electron chi connectivity index (χ0n) is 10.1. The van der Waals surface area contributed by atoms with Gasteiger partial charge in [-0.3, -0.25) is 9.59 Å². The molecule has 0 aromatic heterocycles. The number of hydrogen-bond acceptors (Lipinski definition) is 2. The molecule has 0 fully saturated rings. The number of rotatable bonds is 5. The number of allylic oxidation sites excluding steroid dienone is 1. The van der Waals surface area contributed by atoms with Crippen molar-refractivity contribution in [2.24, 2.45) is 0 Å². The van der Waals surface area contributed by atoms with Gasteiger partial charge in [0.15, 0.2) is 5.78 Å². The first-order valence-corrected chi connectivity index (χ1v) is 5.56. The molecule has 1 N–H and O–H groups in total. The first-order chi connectivity index (χ1) is 8.04. The Hall–Kier alpha value is -1.90. The highest BCUT2D eigenvalue weighted by Gasteiger charge is 2.14. The number of carbonyl (C=O) groups excluding carboxylic acids is 1. The number of Topliss-reactive ketones (excluding diaryl/α,β-unsaturated/α-hetero) is 1. The SMILES string of the molecule is CC/C=C(\CC(=O)O)C(=O)c1ccc(C)cc1. The maximum atomic E-state index is 12.0. The molecule has 0 aliphatic heterocycles. The van der Waals surface area contributed by atoms with Crippen LogP contribution in [0.25, 0.3) is 0 Å². The fourth-order valence-corrected chi connectivity index (χ4v) is 1.54. The van der Waals surface area contributed by atoms with Crippen LogP contribution in [0, 0.1) is 6.92 Å². The lowest BCUT2D eigenvalue weighted by molar-refractivity contribution is -0.136. The van der Waals surface area contributed by atoms with Crippen LogP contribution in [0.4, 0.5) is 0 Å². The fraction of sp³-hybridized carbons (Fsp3) is 0.286. The standard InChI is InChI=1S/C14H16O3/c1-3-4-12(9-13(15)16)14(17)11-7-5-10(2)6-8-11/h4-8H,3,9H2,1-2H3,(H,15,16)/b12-4+. The molecule has 0 heterocycles. The summed E-state index contributed by atoms with van der Waals surface area (Å²) in [5.74, 6) is -1.18. The largest absolute Gasteiger partial charge is 0.481 e. The quantitative estimate of drug-likeness (QED) is 0.627. The molecule has 0 aliphatic carbocycles. The number of aryl methyl sites for hydroxylation is 1. The molecule has 0 bridgehead atoms. The van der Waals surface area contributed by atoms with Crippen molar-refractivity contribution in [2.75, 3.05) is 0 Å². The van der Waals surface area contributed by atoms with E-state index >= 15 is 0 Å². The van der Waals surface area contributed by atoms with Crippen LogP contribution < -0.4 is 0 Å². The highest BCUT2D eigenvalue weighted by atomic mass is 16.4. The fourth-order valence-electron chi connectivity index (χ4n) is 1.54. The summed E-state index contributed by atoms with van der Waals surface area (Å²) >= 11 is 0. The zero-order chi connectivity index (χ0) is 12.8. The van der Waals surface area contributed by atoms with E-state index in [4.69, 9.17) is 5.11 Å². The van der Waals surface area contributed by atoms with Crippen LogP contribution in [-0.4, -0.2) is 16.9 Å². The van der Waals surface area contributed by atoms with Gasteiger partial charge in [0.05, 0.1) is 6.42 Å². The maximum Gasteiger partial charge on any atom is 0.307 e. The van der Waals surface area contributed by atoms with Crippen LogP contribution in [-0.2, 0) is 4.79 Å². The molecule has 0 unspecified atom stereocenters. The Kier molecular flexibility index (Phi) is 4.64. The van der Waals surface area contributed by atoms with Crippen LogP contribution in [0.5, 0.6) is 0 Å². The second-order valence-corrected chi connectivity index (χ2v) is 3.90. The van der Waals surface area contributed by atoms with Gasteiger partial charge in [-0.1, -0.05) is 42.8 Å². The monoisotopic (exact) mass is 232 g/mol. The van der Waals surface area contributed by atoms with Gasteiger partial charge in [0, 0.05) is 11.1 Å². The Morgan fingerprint density at radius 1 is 1.24 bits per heavy atom. The van der Waals surface area contributed by atoms with E-state index in [-0.39, 0.29) is 12.2 Å². The molecular weight excluding hydrogens is 216 g/mol. The minimum absolute atomic E-state index is 0.200. The minimum Gasteiger partial charge on any atom is -0.481 e. The Balaban J connectivity index is 2.96. The van der Waals surface area contributed by atoms with Crippen LogP contribution in [0.2, 0.25) is 0 Å². The van der Waals surface area contributed by atoms with Gasteiger partial charge in [-0.25, -0.2) is 0 Å². The highest BCUT2D eigenvalue weighted by molar-refractivity contribution is 6.10. The molecule has 0 aliphatic rings. The number of carboxylic acid groups (broad SMARTS) is 1. The summed E-state index contributed by atoms with van der Waals surface area (Å²) in [4.78, 5) is 22.7. The normalized spacial score (nSPS) is 11.3. The number of aliphatic carboxylic acids is 1. The van der Waals surface area contributed by atoms with Gasteiger partial charge >= 0.3 is 5.97 Å². The molecule has 0 saturated carbocycles. The van der Waals surface area contributed by atoms with Gasteiger partial charge in [-0.2, -0.15) is 0 Å². The lowest BCUT2D eigenvalue weighted by atomic mass is 9.99. The van der Waals surface area contributed by atoms with E-state index in [0.29, 0.717) is 17.6 Å². The molecular formula is C14H16O3. The number of carboxylic acids is 1. The number of benzene rings is 1.